The van der Waals surface area contributed by atoms with Crippen molar-refractivity contribution < 1.29 is 9.53 Å². The summed E-state index contributed by atoms with van der Waals surface area (Å²) in [6, 6.07) is 5.33. The first-order valence-corrected chi connectivity index (χ1v) is 5.44. The Labute approximate surface area is 99.6 Å². The summed E-state index contributed by atoms with van der Waals surface area (Å²) in [5, 5.41) is 8.93. The number of hydrogen-bond acceptors (Lipinski definition) is 3. The van der Waals surface area contributed by atoms with Crippen LogP contribution in [0, 0.1) is 18.3 Å². The van der Waals surface area contributed by atoms with E-state index >= 15 is 0 Å². The van der Waals surface area contributed by atoms with Crippen molar-refractivity contribution in [2.75, 3.05) is 6.61 Å². The molecular weight excluding hydrogens is 226 g/mol. The Morgan fingerprint density at radius 2 is 2.25 bits per heavy atom. The second-order valence-electron chi connectivity index (χ2n) is 3.24. The lowest BCUT2D eigenvalue weighted by Gasteiger charge is -2.10. The third kappa shape index (κ3) is 2.34. The molecule has 0 aromatic heterocycles. The van der Waals surface area contributed by atoms with Crippen molar-refractivity contribution in [2.24, 2.45) is 0 Å². The van der Waals surface area contributed by atoms with Crippen molar-refractivity contribution in [3.8, 4) is 6.07 Å². The number of carbonyl (C=O) groups is 1. The average Bonchev–Trinajstić information content (AvgIpc) is 2.28. The largest absolute Gasteiger partial charge is 0.462 e. The normalized spacial score (nSPS) is 9.62. The zero-order chi connectivity index (χ0) is 12.1. The number of nitriles is 1. The highest BCUT2D eigenvalue weighted by atomic mass is 35.5. The molecule has 0 saturated carbocycles. The molecular formula is C12H12ClNO2. The van der Waals surface area contributed by atoms with Crippen LogP contribution in [-0.4, -0.2) is 12.6 Å². The maximum absolute atomic E-state index is 11.7. The van der Waals surface area contributed by atoms with Crippen LogP contribution < -0.4 is 0 Å². The van der Waals surface area contributed by atoms with Gasteiger partial charge in [-0.1, -0.05) is 6.07 Å². The molecule has 0 heterocycles. The molecule has 0 N–H and O–H groups in total. The van der Waals surface area contributed by atoms with Crippen LogP contribution in [0.5, 0.6) is 0 Å². The van der Waals surface area contributed by atoms with Gasteiger partial charge >= 0.3 is 5.97 Å². The van der Waals surface area contributed by atoms with E-state index in [1.807, 2.05) is 6.07 Å². The van der Waals surface area contributed by atoms with Crippen molar-refractivity contribution in [3.63, 3.8) is 0 Å². The molecule has 0 unspecified atom stereocenters. The highest BCUT2D eigenvalue weighted by Crippen LogP contribution is 2.20. The zero-order valence-corrected chi connectivity index (χ0v) is 9.97. The minimum Gasteiger partial charge on any atom is -0.462 e. The van der Waals surface area contributed by atoms with Crippen LogP contribution in [0.25, 0.3) is 0 Å². The predicted octanol–water partition coefficient (Wildman–Crippen LogP) is 2.78. The van der Waals surface area contributed by atoms with Crippen molar-refractivity contribution in [3.05, 3.63) is 34.4 Å². The van der Waals surface area contributed by atoms with E-state index in [0.717, 1.165) is 5.56 Å². The van der Waals surface area contributed by atoms with E-state index in [2.05, 4.69) is 0 Å². The van der Waals surface area contributed by atoms with Gasteiger partial charge in [-0.25, -0.2) is 4.79 Å². The molecule has 0 saturated heterocycles. The lowest BCUT2D eigenvalue weighted by molar-refractivity contribution is 0.0525. The molecule has 1 rings (SSSR count). The van der Waals surface area contributed by atoms with Gasteiger partial charge in [-0.05, 0) is 31.0 Å². The molecule has 0 radical (unpaired) electrons. The second kappa shape index (κ2) is 5.53. The Morgan fingerprint density at radius 1 is 1.56 bits per heavy atom. The number of hydrogen-bond donors (Lipinski definition) is 0. The summed E-state index contributed by atoms with van der Waals surface area (Å²) in [5.41, 5.74) is 2.20. The third-order valence-electron chi connectivity index (χ3n) is 2.32. The zero-order valence-electron chi connectivity index (χ0n) is 9.21. The first kappa shape index (κ1) is 12.5. The van der Waals surface area contributed by atoms with Crippen molar-refractivity contribution >= 4 is 17.6 Å². The van der Waals surface area contributed by atoms with E-state index in [1.54, 1.807) is 26.0 Å². The van der Waals surface area contributed by atoms with Crippen LogP contribution in [0.15, 0.2) is 12.1 Å². The highest BCUT2D eigenvalue weighted by molar-refractivity contribution is 6.17. The second-order valence-corrected chi connectivity index (χ2v) is 3.51. The van der Waals surface area contributed by atoms with Crippen LogP contribution in [-0.2, 0) is 10.6 Å². The first-order valence-electron chi connectivity index (χ1n) is 4.91. The van der Waals surface area contributed by atoms with Gasteiger partial charge in [-0.15, -0.1) is 11.6 Å². The van der Waals surface area contributed by atoms with Crippen molar-refractivity contribution in [1.29, 1.82) is 5.26 Å². The van der Waals surface area contributed by atoms with Crippen molar-refractivity contribution in [1.82, 2.24) is 0 Å². The fraction of sp³-hybridized carbons (Fsp3) is 0.333. The Morgan fingerprint density at radius 3 is 2.75 bits per heavy atom. The van der Waals surface area contributed by atoms with Crippen LogP contribution >= 0.6 is 11.6 Å². The maximum Gasteiger partial charge on any atom is 0.339 e. The Balaban J connectivity index is 3.33. The number of alkyl halides is 1. The molecule has 3 nitrogen and oxygen atoms in total. The summed E-state index contributed by atoms with van der Waals surface area (Å²) in [7, 11) is 0. The highest BCUT2D eigenvalue weighted by Gasteiger charge is 2.17. The smallest absolute Gasteiger partial charge is 0.339 e. The molecule has 0 spiro atoms. The molecule has 1 aromatic carbocycles. The van der Waals surface area contributed by atoms with E-state index in [1.165, 1.54) is 0 Å². The van der Waals surface area contributed by atoms with Gasteiger partial charge in [0, 0.05) is 5.88 Å². The molecule has 4 heteroatoms. The van der Waals surface area contributed by atoms with Gasteiger partial charge in [-0.2, -0.15) is 5.26 Å². The Bertz CT molecular complexity index is 449. The third-order valence-corrected chi connectivity index (χ3v) is 2.61. The fourth-order valence-electron chi connectivity index (χ4n) is 1.46. The summed E-state index contributed by atoms with van der Waals surface area (Å²) in [4.78, 5) is 11.7. The lowest BCUT2D eigenvalue weighted by Crippen LogP contribution is -2.10. The molecule has 0 bridgehead atoms. The molecule has 0 aliphatic carbocycles. The average molecular weight is 238 g/mol. The molecule has 84 valence electrons. The summed E-state index contributed by atoms with van der Waals surface area (Å²) in [6.45, 7) is 3.78. The van der Waals surface area contributed by atoms with Gasteiger partial charge in [0.2, 0.25) is 0 Å². The molecule has 16 heavy (non-hydrogen) atoms. The van der Waals surface area contributed by atoms with Gasteiger partial charge in [0.15, 0.2) is 0 Å². The van der Waals surface area contributed by atoms with Gasteiger partial charge < -0.3 is 4.74 Å². The number of halogens is 1. The van der Waals surface area contributed by atoms with E-state index in [4.69, 9.17) is 21.6 Å². The fourth-order valence-corrected chi connectivity index (χ4v) is 1.75. The quantitative estimate of drug-likeness (QED) is 0.600. The summed E-state index contributed by atoms with van der Waals surface area (Å²) >= 11 is 5.75. The maximum atomic E-state index is 11.7. The standard InChI is InChI=1S/C12H12ClNO2/c1-3-16-12(15)11-8(2)9(6-13)4-5-10(11)7-14/h4-5H,3,6H2,1-2H3. The van der Waals surface area contributed by atoms with Gasteiger partial charge in [0.25, 0.3) is 0 Å². The van der Waals surface area contributed by atoms with Crippen LogP contribution in [0.4, 0.5) is 0 Å². The monoisotopic (exact) mass is 237 g/mol. The van der Waals surface area contributed by atoms with E-state index in [0.29, 0.717) is 22.6 Å². The van der Waals surface area contributed by atoms with Gasteiger partial charge in [-0.3, -0.25) is 0 Å². The number of ether oxygens (including phenoxy) is 1. The minimum absolute atomic E-state index is 0.286. The summed E-state index contributed by atoms with van der Waals surface area (Å²) in [5.74, 6) is -0.159. The number of nitrogens with zero attached hydrogens (tertiary/aromatic N) is 1. The first-order chi connectivity index (χ1) is 7.65. The summed E-state index contributed by atoms with van der Waals surface area (Å²) < 4.78 is 4.92. The predicted molar refractivity (Wildman–Crippen MR) is 61.4 cm³/mol. The lowest BCUT2D eigenvalue weighted by atomic mass is 9.98. The molecule has 0 aliphatic heterocycles. The van der Waals surface area contributed by atoms with Crippen LogP contribution in [0.2, 0.25) is 0 Å². The van der Waals surface area contributed by atoms with E-state index < -0.39 is 5.97 Å². The number of benzene rings is 1. The molecule has 0 aliphatic rings. The Kier molecular flexibility index (Phi) is 4.33. The van der Waals surface area contributed by atoms with Crippen LogP contribution in [0.1, 0.15) is 34.0 Å². The van der Waals surface area contributed by atoms with Crippen molar-refractivity contribution in [2.45, 2.75) is 19.7 Å². The number of rotatable bonds is 3. The van der Waals surface area contributed by atoms with Gasteiger partial charge in [0.1, 0.15) is 6.07 Å². The number of carbonyl (C=O) groups excluding carboxylic acids is 1. The molecule has 0 amide bonds. The molecule has 0 fully saturated rings. The summed E-state index contributed by atoms with van der Waals surface area (Å²) in [6.07, 6.45) is 0. The minimum atomic E-state index is -0.469. The number of esters is 1. The van der Waals surface area contributed by atoms with E-state index in [-0.39, 0.29) is 6.61 Å². The Hall–Kier alpha value is -1.53. The topological polar surface area (TPSA) is 50.1 Å². The van der Waals surface area contributed by atoms with E-state index in [9.17, 15) is 4.79 Å². The van der Waals surface area contributed by atoms with Gasteiger partial charge in [0.05, 0.1) is 17.7 Å². The molecule has 0 atom stereocenters. The molecule has 1 aromatic rings. The SMILES string of the molecule is CCOC(=O)c1c(C#N)ccc(CCl)c1C. The van der Waals surface area contributed by atoms with Crippen LogP contribution in [0.3, 0.4) is 0 Å².